The van der Waals surface area contributed by atoms with Crippen LogP contribution in [0, 0.1) is 0 Å². The van der Waals surface area contributed by atoms with E-state index in [4.69, 9.17) is 23.2 Å². The van der Waals surface area contributed by atoms with Crippen LogP contribution in [0.4, 0.5) is 5.69 Å². The minimum Gasteiger partial charge on any atom is -0.378 e. The average Bonchev–Trinajstić information content (AvgIpc) is 2.69. The second-order valence-corrected chi connectivity index (χ2v) is 6.70. The van der Waals surface area contributed by atoms with Gasteiger partial charge in [-0.1, -0.05) is 53.0 Å². The lowest BCUT2D eigenvalue weighted by atomic mass is 10.1. The van der Waals surface area contributed by atoms with E-state index in [1.54, 1.807) is 0 Å². The van der Waals surface area contributed by atoms with Gasteiger partial charge < -0.3 is 5.32 Å². The summed E-state index contributed by atoms with van der Waals surface area (Å²) in [7, 11) is 1.93. The first kappa shape index (κ1) is 15.7. The first-order valence-corrected chi connectivity index (χ1v) is 7.84. The molecule has 0 saturated heterocycles. The number of hydrogen-bond acceptors (Lipinski definition) is 2. The Morgan fingerprint density at radius 2 is 1.90 bits per heavy atom. The van der Waals surface area contributed by atoms with Gasteiger partial charge in [-0.2, -0.15) is 5.10 Å². The summed E-state index contributed by atoms with van der Waals surface area (Å²) in [5.41, 5.74) is 2.98. The Hall–Kier alpha value is -0.710. The zero-order valence-electron chi connectivity index (χ0n) is 11.5. The van der Waals surface area contributed by atoms with Crippen molar-refractivity contribution >= 4 is 44.8 Å². The van der Waals surface area contributed by atoms with Crippen LogP contribution in [0.15, 0.2) is 22.8 Å². The molecule has 1 heterocycles. The van der Waals surface area contributed by atoms with Gasteiger partial charge in [-0.25, -0.2) is 0 Å². The second-order valence-electron chi connectivity index (χ2n) is 4.97. The maximum atomic E-state index is 6.21. The van der Waals surface area contributed by atoms with Gasteiger partial charge in [-0.3, -0.25) is 4.68 Å². The fourth-order valence-corrected chi connectivity index (χ4v) is 3.41. The van der Waals surface area contributed by atoms with Gasteiger partial charge in [0, 0.05) is 29.8 Å². The summed E-state index contributed by atoms with van der Waals surface area (Å²) in [5.74, 6) is 0.379. The summed E-state index contributed by atoms with van der Waals surface area (Å²) in [6.45, 7) is 4.90. The standard InChI is InChI=1S/C14H16BrCl2N3/c1-8(2)13-9(7-20(3)19-13)6-18-14-11(16)4-10(15)5-12(14)17/h4-5,7-8,18H,6H2,1-3H3. The smallest absolute Gasteiger partial charge is 0.0722 e. The maximum Gasteiger partial charge on any atom is 0.0722 e. The van der Waals surface area contributed by atoms with E-state index in [2.05, 4.69) is 40.2 Å². The molecule has 0 saturated carbocycles. The molecule has 108 valence electrons. The molecule has 2 rings (SSSR count). The molecule has 0 aliphatic carbocycles. The highest BCUT2D eigenvalue weighted by molar-refractivity contribution is 9.10. The van der Waals surface area contributed by atoms with Gasteiger partial charge in [-0.15, -0.1) is 0 Å². The van der Waals surface area contributed by atoms with Gasteiger partial charge in [0.2, 0.25) is 0 Å². The molecule has 1 N–H and O–H groups in total. The molecule has 1 aromatic carbocycles. The molecule has 0 amide bonds. The average molecular weight is 377 g/mol. The molecule has 1 aromatic heterocycles. The highest BCUT2D eigenvalue weighted by Crippen LogP contribution is 2.34. The van der Waals surface area contributed by atoms with E-state index in [-0.39, 0.29) is 0 Å². The highest BCUT2D eigenvalue weighted by atomic mass is 79.9. The number of nitrogens with one attached hydrogen (secondary N) is 1. The maximum absolute atomic E-state index is 6.21. The summed E-state index contributed by atoms with van der Waals surface area (Å²) in [5, 5.41) is 8.97. The normalized spacial score (nSPS) is 11.2. The van der Waals surface area contributed by atoms with Crippen LogP contribution in [0.1, 0.15) is 31.0 Å². The lowest BCUT2D eigenvalue weighted by Gasteiger charge is -2.11. The molecular formula is C14H16BrCl2N3. The fourth-order valence-electron chi connectivity index (χ4n) is 2.07. The summed E-state index contributed by atoms with van der Waals surface area (Å²) >= 11 is 15.8. The third kappa shape index (κ3) is 3.48. The van der Waals surface area contributed by atoms with Crippen molar-refractivity contribution in [2.45, 2.75) is 26.3 Å². The van der Waals surface area contributed by atoms with Crippen LogP contribution < -0.4 is 5.32 Å². The molecule has 0 aliphatic heterocycles. The van der Waals surface area contributed by atoms with Crippen LogP contribution in [-0.2, 0) is 13.6 Å². The predicted molar refractivity (Wildman–Crippen MR) is 88.8 cm³/mol. The molecule has 0 aliphatic rings. The third-order valence-electron chi connectivity index (χ3n) is 2.95. The van der Waals surface area contributed by atoms with E-state index in [9.17, 15) is 0 Å². The van der Waals surface area contributed by atoms with Gasteiger partial charge in [-0.05, 0) is 18.1 Å². The number of aromatic nitrogens is 2. The summed E-state index contributed by atoms with van der Waals surface area (Å²) in [6.07, 6.45) is 2.02. The molecule has 0 spiro atoms. The van der Waals surface area contributed by atoms with E-state index in [0.29, 0.717) is 22.5 Å². The van der Waals surface area contributed by atoms with Crippen LogP contribution in [-0.4, -0.2) is 9.78 Å². The van der Waals surface area contributed by atoms with Crippen molar-refractivity contribution in [3.05, 3.63) is 44.1 Å². The Labute approximate surface area is 137 Å². The largest absolute Gasteiger partial charge is 0.378 e. The quantitative estimate of drug-likeness (QED) is 0.792. The van der Waals surface area contributed by atoms with Gasteiger partial charge >= 0.3 is 0 Å². The van der Waals surface area contributed by atoms with E-state index < -0.39 is 0 Å². The number of hydrogen-bond donors (Lipinski definition) is 1. The Morgan fingerprint density at radius 1 is 1.30 bits per heavy atom. The molecule has 3 nitrogen and oxygen atoms in total. The van der Waals surface area contributed by atoms with Gasteiger partial charge in [0.1, 0.15) is 0 Å². The first-order chi connectivity index (χ1) is 9.38. The van der Waals surface area contributed by atoms with Crippen molar-refractivity contribution in [1.82, 2.24) is 9.78 Å². The summed E-state index contributed by atoms with van der Waals surface area (Å²) in [6, 6.07) is 3.64. The van der Waals surface area contributed by atoms with Crippen molar-refractivity contribution in [3.63, 3.8) is 0 Å². The SMILES string of the molecule is CC(C)c1nn(C)cc1CNc1c(Cl)cc(Br)cc1Cl. The highest BCUT2D eigenvalue weighted by Gasteiger charge is 2.13. The Morgan fingerprint density at radius 3 is 2.45 bits per heavy atom. The summed E-state index contributed by atoms with van der Waals surface area (Å²) in [4.78, 5) is 0. The lowest BCUT2D eigenvalue weighted by molar-refractivity contribution is 0.712. The minimum atomic E-state index is 0.379. The van der Waals surface area contributed by atoms with Crippen molar-refractivity contribution < 1.29 is 0 Å². The molecule has 0 fully saturated rings. The van der Waals surface area contributed by atoms with Crippen molar-refractivity contribution in [1.29, 1.82) is 0 Å². The van der Waals surface area contributed by atoms with Crippen LogP contribution >= 0.6 is 39.1 Å². The van der Waals surface area contributed by atoms with E-state index >= 15 is 0 Å². The molecule has 0 atom stereocenters. The summed E-state index contributed by atoms with van der Waals surface area (Å²) < 4.78 is 2.69. The van der Waals surface area contributed by atoms with Crippen molar-refractivity contribution in [2.75, 3.05) is 5.32 Å². The Bertz CT molecular complexity index is 600. The topological polar surface area (TPSA) is 29.9 Å². The van der Waals surface area contributed by atoms with Crippen LogP contribution in [0.2, 0.25) is 10.0 Å². The number of rotatable bonds is 4. The van der Waals surface area contributed by atoms with Crippen LogP contribution in [0.3, 0.4) is 0 Å². The number of anilines is 1. The Kier molecular flexibility index (Phi) is 4.99. The lowest BCUT2D eigenvalue weighted by Crippen LogP contribution is -2.03. The van der Waals surface area contributed by atoms with Crippen molar-refractivity contribution in [2.24, 2.45) is 7.05 Å². The molecule has 6 heteroatoms. The van der Waals surface area contributed by atoms with Gasteiger partial charge in [0.25, 0.3) is 0 Å². The number of aryl methyl sites for hydroxylation is 1. The number of benzene rings is 1. The second kappa shape index (κ2) is 6.37. The number of nitrogens with zero attached hydrogens (tertiary/aromatic N) is 2. The van der Waals surface area contributed by atoms with Crippen LogP contribution in [0.5, 0.6) is 0 Å². The molecule has 0 radical (unpaired) electrons. The predicted octanol–water partition coefficient (Wildman–Crippen LogP) is 5.22. The first-order valence-electron chi connectivity index (χ1n) is 6.29. The van der Waals surface area contributed by atoms with Gasteiger partial charge in [0.15, 0.2) is 0 Å². The molecule has 0 bridgehead atoms. The third-order valence-corrected chi connectivity index (χ3v) is 4.00. The molecule has 2 aromatic rings. The van der Waals surface area contributed by atoms with E-state index in [1.165, 1.54) is 0 Å². The molecule has 0 unspecified atom stereocenters. The van der Waals surface area contributed by atoms with Crippen LogP contribution in [0.25, 0.3) is 0 Å². The van der Waals surface area contributed by atoms with E-state index in [0.717, 1.165) is 21.4 Å². The minimum absolute atomic E-state index is 0.379. The van der Waals surface area contributed by atoms with Gasteiger partial charge in [0.05, 0.1) is 21.4 Å². The Balaban J connectivity index is 2.21. The zero-order valence-corrected chi connectivity index (χ0v) is 14.6. The fraction of sp³-hybridized carbons (Fsp3) is 0.357. The molecular weight excluding hydrogens is 361 g/mol. The zero-order chi connectivity index (χ0) is 14.9. The van der Waals surface area contributed by atoms with E-state index in [1.807, 2.05) is 30.1 Å². The molecule has 20 heavy (non-hydrogen) atoms. The number of halogens is 3. The van der Waals surface area contributed by atoms with Crippen molar-refractivity contribution in [3.8, 4) is 0 Å². The monoisotopic (exact) mass is 375 g/mol.